The van der Waals surface area contributed by atoms with Crippen molar-refractivity contribution in [3.8, 4) is 28.6 Å². The van der Waals surface area contributed by atoms with Gasteiger partial charge in [0.15, 0.2) is 0 Å². The molecule has 1 aliphatic heterocycles. The smallest absolute Gasteiger partial charge is 0.433 e. The summed E-state index contributed by atoms with van der Waals surface area (Å²) < 4.78 is 54.4. The van der Waals surface area contributed by atoms with Crippen LogP contribution in [0.5, 0.6) is 17.4 Å². The summed E-state index contributed by atoms with van der Waals surface area (Å²) in [6.07, 6.45) is -5.00. The Morgan fingerprint density at radius 3 is 2.59 bits per heavy atom. The molecule has 168 valence electrons. The number of amides is 1. The number of nitrogens with zero attached hydrogens (tertiary/aromatic N) is 3. The number of aromatic nitrogens is 3. The van der Waals surface area contributed by atoms with E-state index in [-0.39, 0.29) is 30.6 Å². The van der Waals surface area contributed by atoms with E-state index in [1.807, 2.05) is 0 Å². The highest BCUT2D eigenvalue weighted by Crippen LogP contribution is 2.33. The third kappa shape index (κ3) is 4.32. The molecule has 1 amide bonds. The summed E-state index contributed by atoms with van der Waals surface area (Å²) in [6.45, 7) is 0.432. The summed E-state index contributed by atoms with van der Waals surface area (Å²) in [5.74, 6) is 0.748. The Bertz CT molecular complexity index is 1130. The van der Waals surface area contributed by atoms with E-state index >= 15 is 0 Å². The number of ether oxygens (including phenoxy) is 3. The molecule has 1 aliphatic rings. The predicted molar refractivity (Wildman–Crippen MR) is 107 cm³/mol. The van der Waals surface area contributed by atoms with Gasteiger partial charge in [-0.05, 0) is 30.3 Å². The van der Waals surface area contributed by atoms with Crippen LogP contribution in [0, 0.1) is 0 Å². The Labute approximate surface area is 180 Å². The van der Waals surface area contributed by atoms with Gasteiger partial charge in [0.2, 0.25) is 5.88 Å². The zero-order valence-electron chi connectivity index (χ0n) is 17.1. The second-order valence-corrected chi connectivity index (χ2v) is 7.04. The number of carbonyl (C=O) groups is 1. The fraction of sp³-hybridized carbons (Fsp3) is 0.286. The quantitative estimate of drug-likeness (QED) is 0.622. The molecule has 1 fully saturated rings. The number of hydrogen-bond donors (Lipinski definition) is 1. The lowest BCUT2D eigenvalue weighted by atomic mass is 10.1. The molecule has 2 aromatic heterocycles. The van der Waals surface area contributed by atoms with E-state index in [1.165, 1.54) is 24.1 Å². The zero-order chi connectivity index (χ0) is 22.9. The number of halogens is 3. The van der Waals surface area contributed by atoms with Crippen LogP contribution >= 0.6 is 0 Å². The van der Waals surface area contributed by atoms with E-state index in [9.17, 15) is 18.0 Å². The number of rotatable bonds is 6. The van der Waals surface area contributed by atoms with Crippen molar-refractivity contribution in [2.45, 2.75) is 12.3 Å². The maximum Gasteiger partial charge on any atom is 0.433 e. The van der Waals surface area contributed by atoms with Crippen molar-refractivity contribution in [2.24, 2.45) is 0 Å². The lowest BCUT2D eigenvalue weighted by Gasteiger charge is -2.38. The van der Waals surface area contributed by atoms with Gasteiger partial charge in [-0.25, -0.2) is 4.98 Å². The third-order valence-electron chi connectivity index (χ3n) is 4.93. The SMILES string of the molecule is COc1ccc(OC)c(-c2cc(C(=O)N3CC(Oc4cccc(C(F)(F)F)n4)C3)[nH]n2)c1. The maximum atomic E-state index is 12.8. The van der Waals surface area contributed by atoms with Crippen LogP contribution in [-0.4, -0.2) is 59.4 Å². The summed E-state index contributed by atoms with van der Waals surface area (Å²) in [5.41, 5.74) is 0.397. The average Bonchev–Trinajstić information content (AvgIpc) is 3.25. The number of carbonyl (C=O) groups excluding carboxylic acids is 1. The molecule has 4 rings (SSSR count). The van der Waals surface area contributed by atoms with Crippen molar-refractivity contribution in [2.75, 3.05) is 27.3 Å². The van der Waals surface area contributed by atoms with Crippen LogP contribution in [0.4, 0.5) is 13.2 Å². The minimum absolute atomic E-state index is 0.133. The first-order chi connectivity index (χ1) is 15.3. The van der Waals surface area contributed by atoms with Gasteiger partial charge < -0.3 is 19.1 Å². The van der Waals surface area contributed by atoms with Crippen molar-refractivity contribution in [3.63, 3.8) is 0 Å². The van der Waals surface area contributed by atoms with Crippen LogP contribution in [0.3, 0.4) is 0 Å². The van der Waals surface area contributed by atoms with Crippen molar-refractivity contribution < 1.29 is 32.2 Å². The van der Waals surface area contributed by atoms with E-state index in [0.717, 1.165) is 6.07 Å². The molecule has 1 aromatic carbocycles. The van der Waals surface area contributed by atoms with Crippen LogP contribution < -0.4 is 14.2 Å². The Hall–Kier alpha value is -3.76. The van der Waals surface area contributed by atoms with Gasteiger partial charge in [-0.15, -0.1) is 0 Å². The number of aromatic amines is 1. The zero-order valence-corrected chi connectivity index (χ0v) is 17.1. The molecule has 8 nitrogen and oxygen atoms in total. The molecule has 3 aromatic rings. The summed E-state index contributed by atoms with van der Waals surface area (Å²) in [4.78, 5) is 17.7. The summed E-state index contributed by atoms with van der Waals surface area (Å²) in [5, 5.41) is 6.91. The van der Waals surface area contributed by atoms with Gasteiger partial charge in [0.1, 0.15) is 29.0 Å². The minimum atomic E-state index is -4.55. The maximum absolute atomic E-state index is 12.8. The Morgan fingerprint density at radius 2 is 1.91 bits per heavy atom. The van der Waals surface area contributed by atoms with E-state index < -0.39 is 18.0 Å². The van der Waals surface area contributed by atoms with Gasteiger partial charge >= 0.3 is 6.18 Å². The van der Waals surface area contributed by atoms with E-state index in [2.05, 4.69) is 15.2 Å². The number of likely N-dealkylation sites (tertiary alicyclic amines) is 1. The molecule has 3 heterocycles. The molecule has 0 spiro atoms. The first-order valence-corrected chi connectivity index (χ1v) is 9.56. The number of pyridine rings is 1. The molecule has 0 bridgehead atoms. The van der Waals surface area contributed by atoms with Crippen LogP contribution in [0.2, 0.25) is 0 Å². The summed E-state index contributed by atoms with van der Waals surface area (Å²) in [7, 11) is 3.08. The highest BCUT2D eigenvalue weighted by Gasteiger charge is 2.36. The molecule has 0 unspecified atom stereocenters. The number of hydrogen-bond acceptors (Lipinski definition) is 6. The molecule has 0 aliphatic carbocycles. The average molecular weight is 448 g/mol. The summed E-state index contributed by atoms with van der Waals surface area (Å²) in [6, 6.07) is 10.3. The van der Waals surface area contributed by atoms with Crippen molar-refractivity contribution in [3.05, 3.63) is 53.9 Å². The Balaban J connectivity index is 1.40. The second kappa shape index (κ2) is 8.40. The lowest BCUT2D eigenvalue weighted by molar-refractivity contribution is -0.141. The number of alkyl halides is 3. The number of methoxy groups -OCH3 is 2. The highest BCUT2D eigenvalue weighted by molar-refractivity contribution is 5.94. The van der Waals surface area contributed by atoms with E-state index in [4.69, 9.17) is 14.2 Å². The van der Waals surface area contributed by atoms with Crippen molar-refractivity contribution in [1.29, 1.82) is 0 Å². The molecule has 32 heavy (non-hydrogen) atoms. The normalized spacial score (nSPS) is 14.1. The van der Waals surface area contributed by atoms with E-state index in [1.54, 1.807) is 31.4 Å². The number of H-pyrrole nitrogens is 1. The van der Waals surface area contributed by atoms with Gasteiger partial charge in [-0.3, -0.25) is 9.89 Å². The molecule has 11 heteroatoms. The topological polar surface area (TPSA) is 89.6 Å². The van der Waals surface area contributed by atoms with Gasteiger partial charge in [-0.2, -0.15) is 18.3 Å². The van der Waals surface area contributed by atoms with Crippen molar-refractivity contribution >= 4 is 5.91 Å². The number of nitrogens with one attached hydrogen (secondary N) is 1. The fourth-order valence-electron chi connectivity index (χ4n) is 3.24. The molecular weight excluding hydrogens is 429 g/mol. The minimum Gasteiger partial charge on any atom is -0.497 e. The van der Waals surface area contributed by atoms with Gasteiger partial charge in [0.25, 0.3) is 5.91 Å². The summed E-state index contributed by atoms with van der Waals surface area (Å²) >= 11 is 0. The van der Waals surface area contributed by atoms with Crippen LogP contribution in [-0.2, 0) is 6.18 Å². The molecular formula is C21H19F3N4O4. The van der Waals surface area contributed by atoms with Crippen LogP contribution in [0.1, 0.15) is 16.2 Å². The standard InChI is InChI=1S/C21H19F3N4O4/c1-30-12-6-7-17(31-2)14(8-12)15-9-16(27-26-15)20(29)28-10-13(11-28)32-19-5-3-4-18(25-19)21(22,23)24/h3-9,13H,10-11H2,1-2H3,(H,26,27). The third-order valence-corrected chi connectivity index (χ3v) is 4.93. The van der Waals surface area contributed by atoms with Crippen LogP contribution in [0.25, 0.3) is 11.3 Å². The van der Waals surface area contributed by atoms with Gasteiger partial charge in [0, 0.05) is 11.6 Å². The Kier molecular flexibility index (Phi) is 5.64. The van der Waals surface area contributed by atoms with Crippen molar-refractivity contribution in [1.82, 2.24) is 20.1 Å². The Morgan fingerprint density at radius 1 is 1.12 bits per heavy atom. The second-order valence-electron chi connectivity index (χ2n) is 7.04. The highest BCUT2D eigenvalue weighted by atomic mass is 19.4. The van der Waals surface area contributed by atoms with Crippen LogP contribution in [0.15, 0.2) is 42.5 Å². The molecule has 1 N–H and O–H groups in total. The monoisotopic (exact) mass is 448 g/mol. The number of benzene rings is 1. The lowest BCUT2D eigenvalue weighted by Crippen LogP contribution is -2.56. The van der Waals surface area contributed by atoms with Gasteiger partial charge in [-0.1, -0.05) is 6.07 Å². The predicted octanol–water partition coefficient (Wildman–Crippen LogP) is 3.41. The largest absolute Gasteiger partial charge is 0.497 e. The fourth-order valence-corrected chi connectivity index (χ4v) is 3.24. The first kappa shape index (κ1) is 21.5. The molecule has 0 atom stereocenters. The molecule has 0 saturated carbocycles. The van der Waals surface area contributed by atoms with Gasteiger partial charge in [0.05, 0.1) is 33.0 Å². The molecule has 1 saturated heterocycles. The first-order valence-electron chi connectivity index (χ1n) is 9.56. The molecule has 0 radical (unpaired) electrons. The van der Waals surface area contributed by atoms with E-state index in [0.29, 0.717) is 22.8 Å².